The number of rotatable bonds is 6. The molecule has 0 fully saturated rings. The molecule has 0 saturated carbocycles. The summed E-state index contributed by atoms with van der Waals surface area (Å²) < 4.78 is 23.5. The van der Waals surface area contributed by atoms with Crippen molar-refractivity contribution >= 4 is 50.5 Å². The van der Waals surface area contributed by atoms with Crippen LogP contribution >= 0.6 is 24.0 Å². The molecule has 0 aromatic heterocycles. The first kappa shape index (κ1) is 24.1. The second-order valence-electron chi connectivity index (χ2n) is 7.16. The zero-order valence-electron chi connectivity index (χ0n) is 17.5. The highest BCUT2D eigenvalue weighted by Gasteiger charge is 2.11. The molecule has 160 valence electrons. The molecule has 3 aromatic rings. The largest absolute Gasteiger partial charge is 0.356 e. The summed E-state index contributed by atoms with van der Waals surface area (Å²) in [5, 5.41) is 9.11. The summed E-state index contributed by atoms with van der Waals surface area (Å²) in [6, 6.07) is 20.3. The van der Waals surface area contributed by atoms with Gasteiger partial charge in [0, 0.05) is 26.4 Å². The van der Waals surface area contributed by atoms with Gasteiger partial charge in [-0.25, -0.2) is 8.42 Å². The second kappa shape index (κ2) is 10.8. The summed E-state index contributed by atoms with van der Waals surface area (Å²) in [6.45, 7) is 3.15. The summed E-state index contributed by atoms with van der Waals surface area (Å²) in [6.07, 6.45) is 2.13. The van der Waals surface area contributed by atoms with Gasteiger partial charge in [-0.2, -0.15) is 0 Å². The minimum atomic E-state index is -3.19. The highest BCUT2D eigenvalue weighted by molar-refractivity contribution is 14.0. The summed E-state index contributed by atoms with van der Waals surface area (Å²) >= 11 is 0. The molecule has 2 N–H and O–H groups in total. The first-order chi connectivity index (χ1) is 13.9. The van der Waals surface area contributed by atoms with E-state index in [9.17, 15) is 8.42 Å². The van der Waals surface area contributed by atoms with Gasteiger partial charge < -0.3 is 10.6 Å². The lowest BCUT2D eigenvalue weighted by Gasteiger charge is -2.13. The Morgan fingerprint density at radius 1 is 0.933 bits per heavy atom. The van der Waals surface area contributed by atoms with E-state index < -0.39 is 9.84 Å². The fraction of sp³-hybridized carbons (Fsp3) is 0.261. The molecule has 3 aromatic carbocycles. The van der Waals surface area contributed by atoms with E-state index in [4.69, 9.17) is 0 Å². The Bertz CT molecular complexity index is 1140. The van der Waals surface area contributed by atoms with Gasteiger partial charge in [0.1, 0.15) is 0 Å². The first-order valence-corrected chi connectivity index (χ1v) is 11.5. The van der Waals surface area contributed by atoms with Crippen molar-refractivity contribution < 1.29 is 8.42 Å². The smallest absolute Gasteiger partial charge is 0.191 e. The summed E-state index contributed by atoms with van der Waals surface area (Å²) in [5.74, 6) is 0.718. The molecule has 0 saturated heterocycles. The van der Waals surface area contributed by atoms with Crippen molar-refractivity contribution in [1.82, 2.24) is 10.6 Å². The number of nitrogens with zero attached hydrogens (tertiary/aromatic N) is 1. The number of guanidine groups is 1. The number of fused-ring (bicyclic) bond motifs is 1. The van der Waals surface area contributed by atoms with Gasteiger partial charge in [-0.1, -0.05) is 54.6 Å². The Balaban J connectivity index is 0.00000320. The average molecular weight is 537 g/mol. The maximum absolute atomic E-state index is 11.7. The van der Waals surface area contributed by atoms with Gasteiger partial charge in [0.25, 0.3) is 0 Å². The van der Waals surface area contributed by atoms with Crippen LogP contribution in [0.3, 0.4) is 0 Å². The van der Waals surface area contributed by atoms with Crippen LogP contribution in [0, 0.1) is 6.92 Å². The van der Waals surface area contributed by atoms with E-state index >= 15 is 0 Å². The molecule has 0 radical (unpaired) electrons. The number of aryl methyl sites for hydroxylation is 1. The van der Waals surface area contributed by atoms with Gasteiger partial charge in [-0.3, -0.25) is 4.99 Å². The maximum Gasteiger partial charge on any atom is 0.191 e. The SMILES string of the molecule is CN=C(NCCc1ccc2ccccc2c1)NCc1ccc(S(C)(=O)=O)c(C)c1.I. The molecular formula is C23H28IN3O2S. The molecule has 5 nitrogen and oxygen atoms in total. The van der Waals surface area contributed by atoms with Crippen molar-refractivity contribution in [1.29, 1.82) is 0 Å². The van der Waals surface area contributed by atoms with Crippen LogP contribution < -0.4 is 10.6 Å². The minimum absolute atomic E-state index is 0. The van der Waals surface area contributed by atoms with Crippen LogP contribution in [-0.4, -0.2) is 34.2 Å². The third-order valence-corrected chi connectivity index (χ3v) is 6.10. The van der Waals surface area contributed by atoms with Crippen LogP contribution in [0.15, 0.2) is 70.6 Å². The quantitative estimate of drug-likeness (QED) is 0.283. The predicted octanol–water partition coefficient (Wildman–Crippen LogP) is 4.08. The van der Waals surface area contributed by atoms with E-state index in [0.29, 0.717) is 11.4 Å². The third kappa shape index (κ3) is 6.43. The highest BCUT2D eigenvalue weighted by atomic mass is 127. The molecule has 30 heavy (non-hydrogen) atoms. The zero-order chi connectivity index (χ0) is 20.9. The van der Waals surface area contributed by atoms with E-state index in [1.807, 2.05) is 19.1 Å². The second-order valence-corrected chi connectivity index (χ2v) is 9.14. The topological polar surface area (TPSA) is 70.6 Å². The van der Waals surface area contributed by atoms with Gasteiger partial charge in [0.2, 0.25) is 0 Å². The van der Waals surface area contributed by atoms with Crippen LogP contribution in [-0.2, 0) is 22.8 Å². The fourth-order valence-electron chi connectivity index (χ4n) is 3.36. The fourth-order valence-corrected chi connectivity index (χ4v) is 4.32. The Kier molecular flexibility index (Phi) is 8.66. The van der Waals surface area contributed by atoms with Gasteiger partial charge in [-0.05, 0) is 46.9 Å². The molecule has 0 bridgehead atoms. The number of nitrogens with one attached hydrogen (secondary N) is 2. The van der Waals surface area contributed by atoms with Gasteiger partial charge in [0.15, 0.2) is 15.8 Å². The van der Waals surface area contributed by atoms with Crippen molar-refractivity contribution in [3.63, 3.8) is 0 Å². The average Bonchev–Trinajstić information content (AvgIpc) is 2.69. The van der Waals surface area contributed by atoms with Crippen molar-refractivity contribution in [2.75, 3.05) is 19.8 Å². The van der Waals surface area contributed by atoms with E-state index in [0.717, 1.165) is 30.1 Å². The molecule has 0 aliphatic rings. The zero-order valence-corrected chi connectivity index (χ0v) is 20.6. The van der Waals surface area contributed by atoms with Gasteiger partial charge >= 0.3 is 0 Å². The van der Waals surface area contributed by atoms with E-state index in [1.54, 1.807) is 13.1 Å². The molecule has 0 heterocycles. The van der Waals surface area contributed by atoms with Crippen LogP contribution in [0.1, 0.15) is 16.7 Å². The Morgan fingerprint density at radius 3 is 2.30 bits per heavy atom. The number of benzene rings is 3. The number of aliphatic imine (C=N–C) groups is 1. The molecule has 0 aliphatic heterocycles. The molecule has 0 unspecified atom stereocenters. The van der Waals surface area contributed by atoms with Crippen molar-refractivity contribution in [2.24, 2.45) is 4.99 Å². The van der Waals surface area contributed by atoms with Crippen LogP contribution in [0.4, 0.5) is 0 Å². The number of hydrogen-bond acceptors (Lipinski definition) is 3. The molecule has 0 spiro atoms. The summed E-state index contributed by atoms with van der Waals surface area (Å²) in [7, 11) is -1.46. The molecule has 3 rings (SSSR count). The predicted molar refractivity (Wildman–Crippen MR) is 136 cm³/mol. The van der Waals surface area contributed by atoms with Crippen LogP contribution in [0.25, 0.3) is 10.8 Å². The Hall–Kier alpha value is -2.13. The molecular weight excluding hydrogens is 509 g/mol. The number of hydrogen-bond donors (Lipinski definition) is 2. The highest BCUT2D eigenvalue weighted by Crippen LogP contribution is 2.17. The Morgan fingerprint density at radius 2 is 1.63 bits per heavy atom. The number of sulfone groups is 1. The van der Waals surface area contributed by atoms with Crippen molar-refractivity contribution in [3.8, 4) is 0 Å². The van der Waals surface area contributed by atoms with E-state index in [1.165, 1.54) is 22.6 Å². The normalized spacial score (nSPS) is 11.8. The van der Waals surface area contributed by atoms with Gasteiger partial charge in [0.05, 0.1) is 4.90 Å². The lowest BCUT2D eigenvalue weighted by atomic mass is 10.1. The van der Waals surface area contributed by atoms with Crippen molar-refractivity contribution in [2.45, 2.75) is 24.8 Å². The summed E-state index contributed by atoms with van der Waals surface area (Å²) in [5.41, 5.74) is 3.04. The first-order valence-electron chi connectivity index (χ1n) is 9.58. The van der Waals surface area contributed by atoms with Gasteiger partial charge in [-0.15, -0.1) is 24.0 Å². The maximum atomic E-state index is 11.7. The van der Waals surface area contributed by atoms with E-state index in [2.05, 4.69) is 58.1 Å². The lowest BCUT2D eigenvalue weighted by molar-refractivity contribution is 0.601. The molecule has 0 aliphatic carbocycles. The van der Waals surface area contributed by atoms with Crippen LogP contribution in [0.5, 0.6) is 0 Å². The Labute approximate surface area is 195 Å². The molecule has 0 atom stereocenters. The van der Waals surface area contributed by atoms with Crippen molar-refractivity contribution in [3.05, 3.63) is 77.4 Å². The van der Waals surface area contributed by atoms with Crippen LogP contribution in [0.2, 0.25) is 0 Å². The lowest BCUT2D eigenvalue weighted by Crippen LogP contribution is -2.37. The standard InChI is InChI=1S/C23H27N3O2S.HI/c1-17-14-19(9-11-22(17)29(3,27)28)16-26-23(24-2)25-13-12-18-8-10-20-6-4-5-7-21(20)15-18;/h4-11,14-15H,12-13,16H2,1-3H3,(H2,24,25,26);1H. The molecule has 0 amide bonds. The summed E-state index contributed by atoms with van der Waals surface area (Å²) in [4.78, 5) is 4.64. The number of halogens is 1. The van der Waals surface area contributed by atoms with E-state index in [-0.39, 0.29) is 24.0 Å². The third-order valence-electron chi connectivity index (χ3n) is 4.84. The minimum Gasteiger partial charge on any atom is -0.356 e. The monoisotopic (exact) mass is 537 g/mol. The molecule has 7 heteroatoms.